The van der Waals surface area contributed by atoms with Crippen LogP contribution in [0.4, 0.5) is 19.0 Å². The highest BCUT2D eigenvalue weighted by Gasteiger charge is 2.28. The summed E-state index contributed by atoms with van der Waals surface area (Å²) in [6.07, 6.45) is 3.92. The highest BCUT2D eigenvalue weighted by atomic mass is 32.2. The molecule has 0 spiro atoms. The maximum Gasteiger partial charge on any atom is 0.408 e. The number of sulfonamides is 1. The molecule has 0 amide bonds. The topological polar surface area (TPSA) is 88.9 Å². The number of nitrogens with zero attached hydrogens (tertiary/aromatic N) is 3. The Balaban J connectivity index is 1.64. The Kier molecular flexibility index (Phi) is 7.25. The number of hydrogen-bond acceptors (Lipinski definition) is 5. The SMILES string of the molecule is CCC(Nc1cc(C)c(S(=O)(=O)NCc2ccn(CC(F)(F)F)n2)cn1)C1CCCC1. The molecule has 11 heteroatoms. The fourth-order valence-electron chi connectivity index (χ4n) is 4.02. The molecule has 0 saturated heterocycles. The van der Waals surface area contributed by atoms with Gasteiger partial charge in [-0.1, -0.05) is 19.8 Å². The number of hydrogen-bond donors (Lipinski definition) is 2. The zero-order chi connectivity index (χ0) is 22.6. The van der Waals surface area contributed by atoms with Crippen molar-refractivity contribution < 1.29 is 21.6 Å². The highest BCUT2D eigenvalue weighted by molar-refractivity contribution is 7.89. The number of pyridine rings is 1. The Morgan fingerprint density at radius 2 is 2.00 bits per heavy atom. The lowest BCUT2D eigenvalue weighted by Gasteiger charge is -2.24. The zero-order valence-electron chi connectivity index (χ0n) is 17.6. The molecule has 2 aromatic heterocycles. The minimum Gasteiger partial charge on any atom is -0.367 e. The lowest BCUT2D eigenvalue weighted by molar-refractivity contribution is -0.142. The largest absolute Gasteiger partial charge is 0.408 e. The van der Waals surface area contributed by atoms with Crippen LogP contribution in [0.15, 0.2) is 29.4 Å². The van der Waals surface area contributed by atoms with Gasteiger partial charge < -0.3 is 5.32 Å². The molecule has 1 fully saturated rings. The predicted octanol–water partition coefficient (Wildman–Crippen LogP) is 4.01. The average molecular weight is 460 g/mol. The van der Waals surface area contributed by atoms with Crippen molar-refractivity contribution in [1.82, 2.24) is 19.5 Å². The summed E-state index contributed by atoms with van der Waals surface area (Å²) in [5.41, 5.74) is 0.730. The van der Waals surface area contributed by atoms with Crippen LogP contribution in [-0.4, -0.2) is 35.4 Å². The van der Waals surface area contributed by atoms with Crippen LogP contribution in [0.5, 0.6) is 0 Å². The fourth-order valence-corrected chi connectivity index (χ4v) is 5.19. The molecule has 31 heavy (non-hydrogen) atoms. The third kappa shape index (κ3) is 6.42. The van der Waals surface area contributed by atoms with E-state index >= 15 is 0 Å². The van der Waals surface area contributed by atoms with E-state index in [1.165, 1.54) is 44.1 Å². The van der Waals surface area contributed by atoms with Gasteiger partial charge in [0.2, 0.25) is 10.0 Å². The molecule has 2 aromatic rings. The second-order valence-corrected chi connectivity index (χ2v) is 9.72. The molecule has 0 aliphatic heterocycles. The molecular formula is C20H28F3N5O2S. The first kappa shape index (κ1) is 23.5. The summed E-state index contributed by atoms with van der Waals surface area (Å²) in [7, 11) is -3.89. The van der Waals surface area contributed by atoms with E-state index in [4.69, 9.17) is 0 Å². The minimum absolute atomic E-state index is 0.0293. The van der Waals surface area contributed by atoms with E-state index in [1.807, 2.05) is 0 Å². The van der Waals surface area contributed by atoms with Gasteiger partial charge in [-0.15, -0.1) is 0 Å². The van der Waals surface area contributed by atoms with E-state index in [0.29, 0.717) is 23.3 Å². The van der Waals surface area contributed by atoms with Crippen molar-refractivity contribution in [3.8, 4) is 0 Å². The molecule has 3 rings (SSSR count). The van der Waals surface area contributed by atoms with Gasteiger partial charge in [-0.2, -0.15) is 18.3 Å². The van der Waals surface area contributed by atoms with Crippen LogP contribution < -0.4 is 10.0 Å². The molecule has 1 atom stereocenters. The first-order valence-electron chi connectivity index (χ1n) is 10.4. The van der Waals surface area contributed by atoms with Gasteiger partial charge in [0.25, 0.3) is 0 Å². The average Bonchev–Trinajstić information content (AvgIpc) is 3.35. The van der Waals surface area contributed by atoms with Crippen LogP contribution in [0.1, 0.15) is 50.3 Å². The smallest absolute Gasteiger partial charge is 0.367 e. The van der Waals surface area contributed by atoms with E-state index in [0.717, 1.165) is 11.1 Å². The lowest BCUT2D eigenvalue weighted by Crippen LogP contribution is -2.28. The van der Waals surface area contributed by atoms with Crippen molar-refractivity contribution in [3.05, 3.63) is 35.8 Å². The maximum absolute atomic E-state index is 12.7. The Hall–Kier alpha value is -2.14. The number of alkyl halides is 3. The van der Waals surface area contributed by atoms with Crippen molar-refractivity contribution in [2.45, 2.75) is 76.2 Å². The van der Waals surface area contributed by atoms with Crippen LogP contribution in [0.3, 0.4) is 0 Å². The monoisotopic (exact) mass is 459 g/mol. The fraction of sp³-hybridized carbons (Fsp3) is 0.600. The molecule has 1 saturated carbocycles. The molecule has 0 bridgehead atoms. The third-order valence-corrected chi connectivity index (χ3v) is 7.11. The zero-order valence-corrected chi connectivity index (χ0v) is 18.4. The second-order valence-electron chi connectivity index (χ2n) is 7.98. The van der Waals surface area contributed by atoms with Gasteiger partial charge in [0.1, 0.15) is 17.3 Å². The molecular weight excluding hydrogens is 431 g/mol. The first-order valence-corrected chi connectivity index (χ1v) is 11.9. The molecule has 172 valence electrons. The summed E-state index contributed by atoms with van der Waals surface area (Å²) in [4.78, 5) is 4.32. The summed E-state index contributed by atoms with van der Waals surface area (Å²) >= 11 is 0. The highest BCUT2D eigenvalue weighted by Crippen LogP contribution is 2.31. The van der Waals surface area contributed by atoms with Gasteiger partial charge in [0.15, 0.2) is 0 Å². The van der Waals surface area contributed by atoms with E-state index in [1.54, 1.807) is 13.0 Å². The quantitative estimate of drug-likeness (QED) is 0.592. The standard InChI is InChI=1S/C20H28F3N5O2S/c1-3-17(15-6-4-5-7-15)26-19-10-14(2)18(12-24-19)31(29,30)25-11-16-8-9-28(27-16)13-20(21,22)23/h8-10,12,15,17,25H,3-7,11,13H2,1-2H3,(H,24,26). The van der Waals surface area contributed by atoms with Gasteiger partial charge in [0, 0.05) is 18.4 Å². The minimum atomic E-state index is -4.39. The second kappa shape index (κ2) is 9.56. The van der Waals surface area contributed by atoms with Crippen LogP contribution in [0.25, 0.3) is 0 Å². The number of rotatable bonds is 9. The Morgan fingerprint density at radius 3 is 2.61 bits per heavy atom. The number of aryl methyl sites for hydroxylation is 1. The molecule has 2 heterocycles. The molecule has 1 aliphatic rings. The van der Waals surface area contributed by atoms with Crippen molar-refractivity contribution in [3.63, 3.8) is 0 Å². The normalized spacial score (nSPS) is 16.5. The van der Waals surface area contributed by atoms with E-state index in [-0.39, 0.29) is 17.1 Å². The molecule has 7 nitrogen and oxygen atoms in total. The number of aromatic nitrogens is 3. The maximum atomic E-state index is 12.7. The molecule has 0 radical (unpaired) electrons. The van der Waals surface area contributed by atoms with E-state index in [9.17, 15) is 21.6 Å². The summed E-state index contributed by atoms with van der Waals surface area (Å²) in [6.45, 7) is 2.38. The van der Waals surface area contributed by atoms with Gasteiger partial charge in [0.05, 0.1) is 12.2 Å². The van der Waals surface area contributed by atoms with Crippen molar-refractivity contribution in [2.24, 2.45) is 5.92 Å². The molecule has 2 N–H and O–H groups in total. The van der Waals surface area contributed by atoms with Gasteiger partial charge in [-0.3, -0.25) is 4.68 Å². The third-order valence-electron chi connectivity index (χ3n) is 5.57. The van der Waals surface area contributed by atoms with Crippen LogP contribution >= 0.6 is 0 Å². The lowest BCUT2D eigenvalue weighted by atomic mass is 9.96. The van der Waals surface area contributed by atoms with Crippen LogP contribution in [0.2, 0.25) is 0 Å². The Labute approximate surface area is 180 Å². The van der Waals surface area contributed by atoms with Crippen molar-refractivity contribution in [2.75, 3.05) is 5.32 Å². The van der Waals surface area contributed by atoms with Gasteiger partial charge in [-0.05, 0) is 49.8 Å². The van der Waals surface area contributed by atoms with Gasteiger partial charge >= 0.3 is 6.18 Å². The Bertz CT molecular complexity index is 985. The van der Waals surface area contributed by atoms with Crippen molar-refractivity contribution >= 4 is 15.8 Å². The predicted molar refractivity (Wildman–Crippen MR) is 111 cm³/mol. The van der Waals surface area contributed by atoms with Gasteiger partial charge in [-0.25, -0.2) is 18.1 Å². The molecule has 0 aromatic carbocycles. The number of anilines is 1. The number of halogens is 3. The first-order chi connectivity index (χ1) is 14.6. The van der Waals surface area contributed by atoms with Crippen LogP contribution in [-0.2, 0) is 23.1 Å². The summed E-state index contributed by atoms with van der Waals surface area (Å²) in [5, 5.41) is 7.19. The van der Waals surface area contributed by atoms with E-state index < -0.39 is 22.7 Å². The number of nitrogens with one attached hydrogen (secondary N) is 2. The summed E-state index contributed by atoms with van der Waals surface area (Å²) in [6, 6.07) is 3.37. The molecule has 1 unspecified atom stereocenters. The summed E-state index contributed by atoms with van der Waals surface area (Å²) < 4.78 is 65.7. The van der Waals surface area contributed by atoms with Crippen molar-refractivity contribution in [1.29, 1.82) is 0 Å². The van der Waals surface area contributed by atoms with Crippen LogP contribution in [0, 0.1) is 12.8 Å². The van der Waals surface area contributed by atoms with E-state index in [2.05, 4.69) is 27.0 Å². The molecule has 1 aliphatic carbocycles. The summed E-state index contributed by atoms with van der Waals surface area (Å²) in [5.74, 6) is 1.25. The Morgan fingerprint density at radius 1 is 1.29 bits per heavy atom.